The fraction of sp³-hybridized carbons (Fsp3) is 0.0500. The molecule has 0 aliphatic carbocycles. The van der Waals surface area contributed by atoms with E-state index in [4.69, 9.17) is 21.1 Å². The molecule has 0 atom stereocenters. The highest BCUT2D eigenvalue weighted by Gasteiger charge is 2.12. The molecule has 0 spiro atoms. The summed E-state index contributed by atoms with van der Waals surface area (Å²) in [6.07, 6.45) is 3.15. The first-order valence-corrected chi connectivity index (χ1v) is 8.71. The number of aromatic nitrogens is 1. The van der Waals surface area contributed by atoms with Crippen LogP contribution in [0.4, 0.5) is 0 Å². The first-order chi connectivity index (χ1) is 13.5. The second-order valence-electron chi connectivity index (χ2n) is 6.12. The van der Waals surface area contributed by atoms with E-state index in [9.17, 15) is 9.59 Å². The van der Waals surface area contributed by atoms with E-state index < -0.39 is 11.9 Å². The minimum Gasteiger partial charge on any atom is -0.480 e. The predicted octanol–water partition coefficient (Wildman–Crippen LogP) is 3.89. The summed E-state index contributed by atoms with van der Waals surface area (Å²) < 4.78 is 7.11. The topological polar surface area (TPSA) is 96.8 Å². The maximum absolute atomic E-state index is 12.3. The average Bonchev–Trinajstić information content (AvgIpc) is 3.23. The van der Waals surface area contributed by atoms with Crippen molar-refractivity contribution < 1.29 is 19.1 Å². The van der Waals surface area contributed by atoms with E-state index >= 15 is 0 Å². The number of amides is 1. The van der Waals surface area contributed by atoms with Crippen LogP contribution in [0.2, 0.25) is 5.02 Å². The number of aliphatic carboxylic acids is 1. The molecule has 1 amide bonds. The van der Waals surface area contributed by atoms with Gasteiger partial charge in [-0.05, 0) is 30.3 Å². The number of furan rings is 1. The largest absolute Gasteiger partial charge is 0.480 e. The van der Waals surface area contributed by atoms with Crippen molar-refractivity contribution in [2.24, 2.45) is 5.10 Å². The molecule has 4 rings (SSSR count). The zero-order chi connectivity index (χ0) is 19.7. The normalized spacial score (nSPS) is 11.5. The smallest absolute Gasteiger partial charge is 0.323 e. The van der Waals surface area contributed by atoms with Crippen molar-refractivity contribution in [2.75, 3.05) is 0 Å². The number of hydrogen-bond donors (Lipinski definition) is 2. The van der Waals surface area contributed by atoms with Gasteiger partial charge >= 0.3 is 11.9 Å². The van der Waals surface area contributed by atoms with E-state index in [1.165, 1.54) is 6.21 Å². The molecule has 2 heterocycles. The molecule has 0 fully saturated rings. The SMILES string of the molecule is O=C(O)Cn1cc(/C=N\NC(=O)c2cc3cc(Cl)ccc3o2)c2ccccc21. The van der Waals surface area contributed by atoms with Gasteiger partial charge < -0.3 is 14.1 Å². The molecule has 0 aliphatic heterocycles. The summed E-state index contributed by atoms with van der Waals surface area (Å²) in [6, 6.07) is 14.0. The van der Waals surface area contributed by atoms with Crippen LogP contribution in [0.3, 0.4) is 0 Å². The van der Waals surface area contributed by atoms with Gasteiger partial charge in [-0.3, -0.25) is 9.59 Å². The van der Waals surface area contributed by atoms with Gasteiger partial charge in [0.05, 0.1) is 6.21 Å². The van der Waals surface area contributed by atoms with Gasteiger partial charge in [-0.15, -0.1) is 0 Å². The third kappa shape index (κ3) is 3.47. The number of para-hydroxylation sites is 1. The molecule has 0 radical (unpaired) electrons. The highest BCUT2D eigenvalue weighted by molar-refractivity contribution is 6.31. The van der Waals surface area contributed by atoms with Crippen LogP contribution in [0.1, 0.15) is 16.1 Å². The van der Waals surface area contributed by atoms with Crippen LogP contribution in [0.15, 0.2) is 64.2 Å². The summed E-state index contributed by atoms with van der Waals surface area (Å²) in [6.45, 7) is -0.164. The summed E-state index contributed by atoms with van der Waals surface area (Å²) in [5, 5.41) is 15.1. The molecule has 28 heavy (non-hydrogen) atoms. The van der Waals surface area contributed by atoms with Crippen molar-refractivity contribution in [3.8, 4) is 0 Å². The summed E-state index contributed by atoms with van der Waals surface area (Å²) in [5.41, 5.74) is 4.43. The number of carbonyl (C=O) groups excluding carboxylic acids is 1. The van der Waals surface area contributed by atoms with Crippen LogP contribution in [0.5, 0.6) is 0 Å². The quantitative estimate of drug-likeness (QED) is 0.395. The van der Waals surface area contributed by atoms with Crippen molar-refractivity contribution in [1.82, 2.24) is 9.99 Å². The van der Waals surface area contributed by atoms with Crippen molar-refractivity contribution >= 4 is 51.6 Å². The first-order valence-electron chi connectivity index (χ1n) is 8.33. The molecule has 7 nitrogen and oxygen atoms in total. The van der Waals surface area contributed by atoms with Gasteiger partial charge in [0.25, 0.3) is 0 Å². The standard InChI is InChI=1S/C20H14ClN3O4/c21-14-5-6-17-12(7-14)8-18(28-17)20(27)23-22-9-13-10-24(11-19(25)26)16-4-2-1-3-15(13)16/h1-10H,11H2,(H,23,27)(H,25,26)/b22-9-. The summed E-state index contributed by atoms with van der Waals surface area (Å²) in [7, 11) is 0. The van der Waals surface area contributed by atoms with E-state index in [0.717, 1.165) is 16.3 Å². The zero-order valence-electron chi connectivity index (χ0n) is 14.4. The highest BCUT2D eigenvalue weighted by Crippen LogP contribution is 2.23. The summed E-state index contributed by atoms with van der Waals surface area (Å²) in [4.78, 5) is 23.3. The molecule has 0 saturated heterocycles. The van der Waals surface area contributed by atoms with Crippen LogP contribution in [-0.4, -0.2) is 27.8 Å². The minimum absolute atomic E-state index is 0.114. The van der Waals surface area contributed by atoms with Crippen LogP contribution in [-0.2, 0) is 11.3 Å². The number of fused-ring (bicyclic) bond motifs is 2. The van der Waals surface area contributed by atoms with Gasteiger partial charge in [0.2, 0.25) is 0 Å². The minimum atomic E-state index is -0.942. The Kier molecular flexibility index (Phi) is 4.58. The van der Waals surface area contributed by atoms with Gasteiger partial charge in [0.15, 0.2) is 5.76 Å². The number of halogens is 1. The molecule has 0 bridgehead atoms. The maximum Gasteiger partial charge on any atom is 0.323 e. The number of carboxylic acid groups (broad SMARTS) is 1. The Hall–Kier alpha value is -3.58. The number of hydrogen-bond acceptors (Lipinski definition) is 4. The molecule has 8 heteroatoms. The van der Waals surface area contributed by atoms with E-state index in [0.29, 0.717) is 16.2 Å². The Morgan fingerprint density at radius 3 is 2.86 bits per heavy atom. The number of hydrazone groups is 1. The van der Waals surface area contributed by atoms with Crippen LogP contribution < -0.4 is 5.43 Å². The van der Waals surface area contributed by atoms with Gasteiger partial charge in [-0.25, -0.2) is 5.43 Å². The Labute approximate surface area is 163 Å². The third-order valence-corrected chi connectivity index (χ3v) is 4.43. The molecule has 0 aliphatic rings. The first kappa shape index (κ1) is 17.8. The van der Waals surface area contributed by atoms with Crippen molar-refractivity contribution in [2.45, 2.75) is 6.54 Å². The lowest BCUT2D eigenvalue weighted by atomic mass is 10.2. The fourth-order valence-electron chi connectivity index (χ4n) is 3.00. The van der Waals surface area contributed by atoms with Gasteiger partial charge in [0.1, 0.15) is 12.1 Å². The van der Waals surface area contributed by atoms with Crippen LogP contribution >= 0.6 is 11.6 Å². The summed E-state index contributed by atoms with van der Waals surface area (Å²) in [5.74, 6) is -1.33. The number of nitrogens with zero attached hydrogens (tertiary/aromatic N) is 2. The summed E-state index contributed by atoms with van der Waals surface area (Å²) >= 11 is 5.94. The molecule has 0 unspecified atom stereocenters. The van der Waals surface area contributed by atoms with Crippen LogP contribution in [0.25, 0.3) is 21.9 Å². The van der Waals surface area contributed by atoms with Crippen molar-refractivity contribution in [1.29, 1.82) is 0 Å². The number of carbonyl (C=O) groups is 2. The van der Waals surface area contributed by atoms with Gasteiger partial charge in [-0.1, -0.05) is 29.8 Å². The number of rotatable bonds is 5. The highest BCUT2D eigenvalue weighted by atomic mass is 35.5. The van der Waals surface area contributed by atoms with Crippen molar-refractivity contribution in [3.05, 3.63) is 71.1 Å². The Morgan fingerprint density at radius 2 is 2.04 bits per heavy atom. The third-order valence-electron chi connectivity index (χ3n) is 4.20. The lowest BCUT2D eigenvalue weighted by molar-refractivity contribution is -0.137. The average molecular weight is 396 g/mol. The van der Waals surface area contributed by atoms with Crippen LogP contribution in [0, 0.1) is 0 Å². The monoisotopic (exact) mass is 395 g/mol. The molecule has 2 aromatic heterocycles. The molecule has 2 aromatic carbocycles. The lowest BCUT2D eigenvalue weighted by Crippen LogP contribution is -2.16. The predicted molar refractivity (Wildman–Crippen MR) is 106 cm³/mol. The second kappa shape index (κ2) is 7.21. The zero-order valence-corrected chi connectivity index (χ0v) is 15.2. The molecule has 0 saturated carbocycles. The maximum atomic E-state index is 12.3. The molecule has 140 valence electrons. The van der Waals surface area contributed by atoms with E-state index in [1.54, 1.807) is 35.0 Å². The lowest BCUT2D eigenvalue weighted by Gasteiger charge is -1.99. The Balaban J connectivity index is 1.55. The molecule has 4 aromatic rings. The molecule has 2 N–H and O–H groups in total. The van der Waals surface area contributed by atoms with E-state index in [-0.39, 0.29) is 12.3 Å². The van der Waals surface area contributed by atoms with Gasteiger partial charge in [-0.2, -0.15) is 5.10 Å². The Morgan fingerprint density at radius 1 is 1.21 bits per heavy atom. The second-order valence-corrected chi connectivity index (χ2v) is 6.55. The Bertz CT molecular complexity index is 1240. The number of benzene rings is 2. The molecular weight excluding hydrogens is 382 g/mol. The molecular formula is C20H14ClN3O4. The fourth-order valence-corrected chi connectivity index (χ4v) is 3.18. The van der Waals surface area contributed by atoms with E-state index in [2.05, 4.69) is 10.5 Å². The number of nitrogens with one attached hydrogen (secondary N) is 1. The van der Waals surface area contributed by atoms with Gasteiger partial charge in [0, 0.05) is 33.1 Å². The van der Waals surface area contributed by atoms with E-state index in [1.807, 2.05) is 24.3 Å². The number of carboxylic acids is 1. The van der Waals surface area contributed by atoms with Crippen molar-refractivity contribution in [3.63, 3.8) is 0 Å².